The molecule has 0 aromatic carbocycles. The van der Waals surface area contributed by atoms with Gasteiger partial charge >= 0.3 is 0 Å². The Kier molecular flexibility index (Phi) is 5.04. The largest absolute Gasteiger partial charge is 0.395 e. The molecule has 6 nitrogen and oxygen atoms in total. The summed E-state index contributed by atoms with van der Waals surface area (Å²) in [5, 5.41) is 9.23. The Morgan fingerprint density at radius 1 is 1.33 bits per heavy atom. The van der Waals surface area contributed by atoms with Crippen LogP contribution in [0, 0.1) is 5.41 Å². The van der Waals surface area contributed by atoms with Gasteiger partial charge in [0.2, 0.25) is 5.91 Å². The van der Waals surface area contributed by atoms with E-state index in [0.717, 1.165) is 44.7 Å². The molecule has 1 aromatic rings. The van der Waals surface area contributed by atoms with Crippen LogP contribution in [-0.4, -0.2) is 58.7 Å². The molecule has 1 atom stereocenters. The Morgan fingerprint density at radius 2 is 2.17 bits per heavy atom. The van der Waals surface area contributed by atoms with Crippen molar-refractivity contribution in [3.63, 3.8) is 0 Å². The number of carbonyl (C=O) groups is 1. The first-order chi connectivity index (χ1) is 11.5. The van der Waals surface area contributed by atoms with E-state index in [1.165, 1.54) is 5.56 Å². The molecule has 3 rings (SSSR count). The van der Waals surface area contributed by atoms with Gasteiger partial charge in [0, 0.05) is 49.8 Å². The Bertz CT molecular complexity index is 592. The van der Waals surface area contributed by atoms with Gasteiger partial charge in [0.25, 0.3) is 0 Å². The highest BCUT2D eigenvalue weighted by molar-refractivity contribution is 5.77. The monoisotopic (exact) mass is 332 g/mol. The van der Waals surface area contributed by atoms with Gasteiger partial charge in [0.05, 0.1) is 6.61 Å². The fourth-order valence-corrected chi connectivity index (χ4v) is 4.15. The number of aliphatic hydroxyl groups excluding tert-OH is 1. The van der Waals surface area contributed by atoms with Crippen LogP contribution in [0.5, 0.6) is 0 Å². The highest BCUT2D eigenvalue weighted by atomic mass is 16.3. The zero-order valence-electron chi connectivity index (χ0n) is 14.7. The van der Waals surface area contributed by atoms with Crippen LogP contribution < -0.4 is 4.90 Å². The van der Waals surface area contributed by atoms with Gasteiger partial charge in [-0.3, -0.25) is 4.79 Å². The molecular weight excluding hydrogens is 304 g/mol. The van der Waals surface area contributed by atoms with Gasteiger partial charge in [-0.05, 0) is 25.2 Å². The SMILES string of the molecule is CC(C)c1cncnc1N1CCCC2(CCC(=O)N(CCO)C2)C1. The number of carbonyl (C=O) groups excluding carboxylic acids is 1. The van der Waals surface area contributed by atoms with E-state index in [1.807, 2.05) is 11.1 Å². The van der Waals surface area contributed by atoms with Gasteiger partial charge in [0.15, 0.2) is 0 Å². The number of piperidine rings is 2. The molecule has 0 saturated carbocycles. The number of anilines is 1. The first-order valence-electron chi connectivity index (χ1n) is 8.98. The number of likely N-dealkylation sites (tertiary alicyclic amines) is 1. The van der Waals surface area contributed by atoms with E-state index in [1.54, 1.807) is 6.33 Å². The minimum absolute atomic E-state index is 0.0366. The Labute approximate surface area is 143 Å². The Hall–Kier alpha value is -1.69. The maximum absolute atomic E-state index is 12.1. The third kappa shape index (κ3) is 3.38. The van der Waals surface area contributed by atoms with Gasteiger partial charge < -0.3 is 14.9 Å². The molecule has 2 aliphatic heterocycles. The van der Waals surface area contributed by atoms with E-state index < -0.39 is 0 Å². The van der Waals surface area contributed by atoms with Gasteiger partial charge in [-0.2, -0.15) is 0 Å². The topological polar surface area (TPSA) is 69.6 Å². The minimum Gasteiger partial charge on any atom is -0.395 e. The van der Waals surface area contributed by atoms with Crippen molar-refractivity contribution >= 4 is 11.7 Å². The minimum atomic E-state index is 0.0366. The lowest BCUT2D eigenvalue weighted by Gasteiger charge is -2.48. The van der Waals surface area contributed by atoms with E-state index in [4.69, 9.17) is 0 Å². The van der Waals surface area contributed by atoms with Crippen LogP contribution in [0.1, 0.15) is 51.0 Å². The first-order valence-corrected chi connectivity index (χ1v) is 8.98. The van der Waals surface area contributed by atoms with Gasteiger partial charge in [-0.25, -0.2) is 9.97 Å². The Morgan fingerprint density at radius 3 is 2.92 bits per heavy atom. The summed E-state index contributed by atoms with van der Waals surface area (Å²) in [6, 6.07) is 0. The number of β-amino-alcohol motifs (C(OH)–C–C–N with tert-alkyl or cyclic N) is 1. The first kappa shape index (κ1) is 17.1. The molecule has 3 heterocycles. The third-order valence-electron chi connectivity index (χ3n) is 5.42. The normalized spacial score (nSPS) is 24.9. The average Bonchev–Trinajstić information content (AvgIpc) is 2.59. The van der Waals surface area contributed by atoms with Crippen LogP contribution in [0.15, 0.2) is 12.5 Å². The van der Waals surface area contributed by atoms with Gasteiger partial charge in [-0.1, -0.05) is 13.8 Å². The summed E-state index contributed by atoms with van der Waals surface area (Å²) >= 11 is 0. The van der Waals surface area contributed by atoms with Crippen molar-refractivity contribution in [1.82, 2.24) is 14.9 Å². The quantitative estimate of drug-likeness (QED) is 0.910. The second-order valence-corrected chi connectivity index (χ2v) is 7.52. The van der Waals surface area contributed by atoms with Crippen molar-refractivity contribution in [3.05, 3.63) is 18.1 Å². The Balaban J connectivity index is 1.81. The van der Waals surface area contributed by atoms with Crippen molar-refractivity contribution in [2.45, 2.75) is 45.4 Å². The second kappa shape index (κ2) is 7.05. The molecule has 2 aliphatic rings. The number of hydrogen-bond acceptors (Lipinski definition) is 5. The lowest BCUT2D eigenvalue weighted by atomic mass is 9.73. The third-order valence-corrected chi connectivity index (χ3v) is 5.42. The van der Waals surface area contributed by atoms with Gasteiger partial charge in [-0.15, -0.1) is 0 Å². The summed E-state index contributed by atoms with van der Waals surface area (Å²) in [5.41, 5.74) is 1.31. The van der Waals surface area contributed by atoms with Crippen LogP contribution >= 0.6 is 0 Å². The molecule has 0 radical (unpaired) electrons. The van der Waals surface area contributed by atoms with Crippen molar-refractivity contribution in [3.8, 4) is 0 Å². The number of nitrogens with zero attached hydrogens (tertiary/aromatic N) is 4. The average molecular weight is 332 g/mol. The smallest absolute Gasteiger partial charge is 0.222 e. The molecule has 1 amide bonds. The second-order valence-electron chi connectivity index (χ2n) is 7.52. The van der Waals surface area contributed by atoms with Crippen LogP contribution in [0.25, 0.3) is 0 Å². The van der Waals surface area contributed by atoms with Crippen LogP contribution in [0.2, 0.25) is 0 Å². The van der Waals surface area contributed by atoms with E-state index in [2.05, 4.69) is 28.7 Å². The fourth-order valence-electron chi connectivity index (χ4n) is 4.15. The summed E-state index contributed by atoms with van der Waals surface area (Å²) in [5.74, 6) is 1.61. The number of aromatic nitrogens is 2. The van der Waals surface area contributed by atoms with E-state index >= 15 is 0 Å². The number of aliphatic hydroxyl groups is 1. The molecule has 132 valence electrons. The summed E-state index contributed by atoms with van der Waals surface area (Å²) < 4.78 is 0. The van der Waals surface area contributed by atoms with Crippen LogP contribution in [0.4, 0.5) is 5.82 Å². The molecule has 0 aliphatic carbocycles. The van der Waals surface area contributed by atoms with E-state index in [0.29, 0.717) is 18.9 Å². The van der Waals surface area contributed by atoms with Crippen LogP contribution in [-0.2, 0) is 4.79 Å². The molecular formula is C18H28N4O2. The summed E-state index contributed by atoms with van der Waals surface area (Å²) in [7, 11) is 0. The summed E-state index contributed by atoms with van der Waals surface area (Å²) in [6.45, 7) is 7.52. The predicted molar refractivity (Wildman–Crippen MR) is 92.9 cm³/mol. The maximum atomic E-state index is 12.1. The molecule has 1 aromatic heterocycles. The van der Waals surface area contributed by atoms with Crippen LogP contribution in [0.3, 0.4) is 0 Å². The van der Waals surface area contributed by atoms with Crippen molar-refractivity contribution in [2.75, 3.05) is 37.7 Å². The molecule has 1 spiro atoms. The number of hydrogen-bond donors (Lipinski definition) is 1. The molecule has 6 heteroatoms. The van der Waals surface area contributed by atoms with Gasteiger partial charge in [0.1, 0.15) is 12.1 Å². The molecule has 0 bridgehead atoms. The van der Waals surface area contributed by atoms with Crippen molar-refractivity contribution in [1.29, 1.82) is 0 Å². The number of rotatable bonds is 4. The molecule has 1 N–H and O–H groups in total. The van der Waals surface area contributed by atoms with Crippen molar-refractivity contribution < 1.29 is 9.90 Å². The fraction of sp³-hybridized carbons (Fsp3) is 0.722. The molecule has 2 saturated heterocycles. The molecule has 24 heavy (non-hydrogen) atoms. The maximum Gasteiger partial charge on any atom is 0.222 e. The lowest BCUT2D eigenvalue weighted by Crippen LogP contribution is -2.54. The predicted octanol–water partition coefficient (Wildman–Crippen LogP) is 1.80. The van der Waals surface area contributed by atoms with Crippen molar-refractivity contribution in [2.24, 2.45) is 5.41 Å². The highest BCUT2D eigenvalue weighted by Gasteiger charge is 2.42. The zero-order chi connectivity index (χ0) is 17.2. The summed E-state index contributed by atoms with van der Waals surface area (Å²) in [6.07, 6.45) is 7.34. The molecule has 2 fully saturated rings. The summed E-state index contributed by atoms with van der Waals surface area (Å²) in [4.78, 5) is 25.1. The molecule has 1 unspecified atom stereocenters. The number of amides is 1. The zero-order valence-corrected chi connectivity index (χ0v) is 14.7. The van der Waals surface area contributed by atoms with E-state index in [9.17, 15) is 9.90 Å². The highest BCUT2D eigenvalue weighted by Crippen LogP contribution is 2.40. The lowest BCUT2D eigenvalue weighted by molar-refractivity contribution is -0.138. The standard InChI is InChI=1S/C18H28N4O2/c1-14(2)15-10-19-13-20-17(15)22-7-3-5-18(12-22)6-4-16(24)21(11-18)8-9-23/h10,13-14,23H,3-9,11-12H2,1-2H3. The van der Waals surface area contributed by atoms with E-state index in [-0.39, 0.29) is 17.9 Å².